The van der Waals surface area contributed by atoms with Gasteiger partial charge in [0.05, 0.1) is 12.1 Å². The summed E-state index contributed by atoms with van der Waals surface area (Å²) in [5.41, 5.74) is 2.57. The Kier molecular flexibility index (Phi) is 4.99. The summed E-state index contributed by atoms with van der Waals surface area (Å²) in [6.07, 6.45) is 2.10. The molecule has 1 saturated heterocycles. The highest BCUT2D eigenvalue weighted by Crippen LogP contribution is 2.32. The number of rotatable bonds is 5. The zero-order valence-corrected chi connectivity index (χ0v) is 15.3. The van der Waals surface area contributed by atoms with E-state index in [9.17, 15) is 9.59 Å². The zero-order valence-electron chi connectivity index (χ0n) is 14.5. The maximum absolute atomic E-state index is 12.8. The van der Waals surface area contributed by atoms with Gasteiger partial charge in [-0.1, -0.05) is 12.1 Å². The number of thioether (sulfide) groups is 1. The predicted molar refractivity (Wildman–Crippen MR) is 104 cm³/mol. The molecule has 1 aliphatic rings. The lowest BCUT2D eigenvalue weighted by Crippen LogP contribution is -2.35. The number of nitrogens with zero attached hydrogens (tertiary/aromatic N) is 2. The van der Waals surface area contributed by atoms with E-state index in [1.165, 1.54) is 16.7 Å². The molecule has 1 heterocycles. The Morgan fingerprint density at radius 2 is 1.76 bits per heavy atom. The second kappa shape index (κ2) is 7.19. The smallest absolute Gasteiger partial charge is 0.256 e. The van der Waals surface area contributed by atoms with Gasteiger partial charge in [-0.2, -0.15) is 0 Å². The maximum atomic E-state index is 12.8. The normalized spacial score (nSPS) is 17.1. The van der Waals surface area contributed by atoms with Crippen molar-refractivity contribution in [2.24, 2.45) is 0 Å². The minimum atomic E-state index is -0.535. The fraction of sp³-hybridized carbons (Fsp3) is 0.263. The Labute approximate surface area is 152 Å². The molecular weight excluding hydrogens is 334 g/mol. The molecule has 0 bridgehead atoms. The molecular formula is C19H21N3O2S. The number of amides is 2. The highest BCUT2D eigenvalue weighted by Gasteiger charge is 2.40. The van der Waals surface area contributed by atoms with Crippen molar-refractivity contribution in [3.8, 4) is 0 Å². The van der Waals surface area contributed by atoms with Crippen LogP contribution in [0.15, 0.2) is 53.4 Å². The van der Waals surface area contributed by atoms with Crippen molar-refractivity contribution in [1.29, 1.82) is 0 Å². The minimum Gasteiger partial charge on any atom is -0.378 e. The van der Waals surface area contributed by atoms with Crippen molar-refractivity contribution in [3.05, 3.63) is 48.5 Å². The Morgan fingerprint density at radius 3 is 2.40 bits per heavy atom. The molecule has 25 heavy (non-hydrogen) atoms. The van der Waals surface area contributed by atoms with Gasteiger partial charge in [-0.05, 0) is 42.7 Å². The molecule has 0 radical (unpaired) electrons. The minimum absolute atomic E-state index is 0.164. The third kappa shape index (κ3) is 3.49. The van der Waals surface area contributed by atoms with E-state index in [4.69, 9.17) is 0 Å². The number of anilines is 3. The fourth-order valence-corrected chi connectivity index (χ4v) is 3.45. The lowest BCUT2D eigenvalue weighted by Gasteiger charge is -2.19. The first-order chi connectivity index (χ1) is 12.0. The topological polar surface area (TPSA) is 52.7 Å². The summed E-state index contributed by atoms with van der Waals surface area (Å²) in [4.78, 5) is 29.5. The van der Waals surface area contributed by atoms with Crippen LogP contribution < -0.4 is 15.1 Å². The first-order valence-electron chi connectivity index (χ1n) is 8.05. The number of nitrogens with one attached hydrogen (secondary N) is 1. The van der Waals surface area contributed by atoms with Gasteiger partial charge < -0.3 is 10.2 Å². The largest absolute Gasteiger partial charge is 0.378 e. The summed E-state index contributed by atoms with van der Waals surface area (Å²) in [6.45, 7) is 0. The number of carbonyl (C=O) groups excluding carboxylic acids is 2. The van der Waals surface area contributed by atoms with Gasteiger partial charge in [0.1, 0.15) is 6.04 Å². The molecule has 1 atom stereocenters. The van der Waals surface area contributed by atoms with Crippen LogP contribution in [0.25, 0.3) is 0 Å². The summed E-state index contributed by atoms with van der Waals surface area (Å²) >= 11 is 1.52. The SMILES string of the molecule is CSc1ccccc1N1C(=O)C[C@@H](Nc2ccc(N(C)C)cc2)C1=O. The average molecular weight is 355 g/mol. The lowest BCUT2D eigenvalue weighted by atomic mass is 10.2. The van der Waals surface area contributed by atoms with E-state index in [1.54, 1.807) is 0 Å². The number of hydrogen-bond acceptors (Lipinski definition) is 5. The summed E-state index contributed by atoms with van der Waals surface area (Å²) in [7, 11) is 3.95. The molecule has 2 aromatic carbocycles. The van der Waals surface area contributed by atoms with Crippen molar-refractivity contribution >= 4 is 40.6 Å². The second-order valence-corrected chi connectivity index (χ2v) is 6.93. The van der Waals surface area contributed by atoms with Gasteiger partial charge in [0, 0.05) is 30.4 Å². The second-order valence-electron chi connectivity index (χ2n) is 6.08. The van der Waals surface area contributed by atoms with E-state index in [0.29, 0.717) is 5.69 Å². The maximum Gasteiger partial charge on any atom is 0.256 e. The van der Waals surface area contributed by atoms with Crippen molar-refractivity contribution in [2.75, 3.05) is 35.5 Å². The van der Waals surface area contributed by atoms with Crippen LogP contribution in [0.2, 0.25) is 0 Å². The molecule has 2 amide bonds. The van der Waals surface area contributed by atoms with Crippen LogP contribution in [0.3, 0.4) is 0 Å². The van der Waals surface area contributed by atoms with Gasteiger partial charge in [0.25, 0.3) is 5.91 Å². The zero-order chi connectivity index (χ0) is 18.0. The van der Waals surface area contributed by atoms with Crippen LogP contribution in [-0.2, 0) is 9.59 Å². The molecule has 0 aliphatic carbocycles. The van der Waals surface area contributed by atoms with Crippen LogP contribution in [-0.4, -0.2) is 38.2 Å². The highest BCUT2D eigenvalue weighted by atomic mass is 32.2. The monoisotopic (exact) mass is 355 g/mol. The molecule has 1 fully saturated rings. The summed E-state index contributed by atoms with van der Waals surface area (Å²) < 4.78 is 0. The molecule has 5 nitrogen and oxygen atoms in total. The van der Waals surface area contributed by atoms with Gasteiger partial charge in [0.2, 0.25) is 5.91 Å². The fourth-order valence-electron chi connectivity index (χ4n) is 2.87. The lowest BCUT2D eigenvalue weighted by molar-refractivity contribution is -0.121. The summed E-state index contributed by atoms with van der Waals surface area (Å²) in [6, 6.07) is 14.7. The number of carbonyl (C=O) groups is 2. The van der Waals surface area contributed by atoms with E-state index in [2.05, 4.69) is 5.32 Å². The van der Waals surface area contributed by atoms with Crippen LogP contribution in [0.1, 0.15) is 6.42 Å². The van der Waals surface area contributed by atoms with Crippen molar-refractivity contribution < 1.29 is 9.59 Å². The first kappa shape index (κ1) is 17.4. The molecule has 2 aromatic rings. The molecule has 0 unspecified atom stereocenters. The highest BCUT2D eigenvalue weighted by molar-refractivity contribution is 7.98. The van der Waals surface area contributed by atoms with Crippen molar-refractivity contribution in [3.63, 3.8) is 0 Å². The standard InChI is InChI=1S/C19H21N3O2S/c1-21(2)14-10-8-13(9-11-14)20-15-12-18(23)22(19(15)24)16-6-4-5-7-17(16)25-3/h4-11,15,20H,12H2,1-3H3/t15-/m1/s1. The third-order valence-electron chi connectivity index (χ3n) is 4.20. The molecule has 1 N–H and O–H groups in total. The van der Waals surface area contributed by atoms with Crippen LogP contribution >= 0.6 is 11.8 Å². The van der Waals surface area contributed by atoms with Crippen molar-refractivity contribution in [2.45, 2.75) is 17.4 Å². The number of imide groups is 1. The van der Waals surface area contributed by atoms with Gasteiger partial charge >= 0.3 is 0 Å². The van der Waals surface area contributed by atoms with E-state index in [0.717, 1.165) is 16.3 Å². The van der Waals surface area contributed by atoms with Crippen LogP contribution in [0, 0.1) is 0 Å². The van der Waals surface area contributed by atoms with Crippen LogP contribution in [0.5, 0.6) is 0 Å². The molecule has 0 aromatic heterocycles. The Bertz CT molecular complexity index is 790. The van der Waals surface area contributed by atoms with E-state index < -0.39 is 6.04 Å². The number of para-hydroxylation sites is 1. The Hall–Kier alpha value is -2.47. The van der Waals surface area contributed by atoms with Gasteiger partial charge in [-0.25, -0.2) is 4.90 Å². The predicted octanol–water partition coefficient (Wildman–Crippen LogP) is 3.22. The quantitative estimate of drug-likeness (QED) is 0.659. The van der Waals surface area contributed by atoms with Gasteiger partial charge in [-0.3, -0.25) is 9.59 Å². The molecule has 0 saturated carbocycles. The first-order valence-corrected chi connectivity index (χ1v) is 9.27. The Balaban J connectivity index is 1.79. The summed E-state index contributed by atoms with van der Waals surface area (Å²) in [5, 5.41) is 3.19. The van der Waals surface area contributed by atoms with E-state index in [1.807, 2.05) is 73.8 Å². The Morgan fingerprint density at radius 1 is 1.08 bits per heavy atom. The van der Waals surface area contributed by atoms with Crippen LogP contribution in [0.4, 0.5) is 17.1 Å². The number of benzene rings is 2. The van der Waals surface area contributed by atoms with E-state index >= 15 is 0 Å². The third-order valence-corrected chi connectivity index (χ3v) is 4.98. The van der Waals surface area contributed by atoms with Crippen molar-refractivity contribution in [1.82, 2.24) is 0 Å². The number of hydrogen-bond donors (Lipinski definition) is 1. The van der Waals surface area contributed by atoms with Gasteiger partial charge in [0.15, 0.2) is 0 Å². The molecule has 1 aliphatic heterocycles. The molecule has 0 spiro atoms. The molecule has 3 rings (SSSR count). The molecule has 130 valence electrons. The van der Waals surface area contributed by atoms with Gasteiger partial charge in [-0.15, -0.1) is 11.8 Å². The van der Waals surface area contributed by atoms with E-state index in [-0.39, 0.29) is 18.2 Å². The average Bonchev–Trinajstić information content (AvgIpc) is 2.89. The summed E-state index contributed by atoms with van der Waals surface area (Å²) in [5.74, 6) is -0.378. The molecule has 6 heteroatoms.